The molecule has 1 aromatic carbocycles. The fourth-order valence-corrected chi connectivity index (χ4v) is 2.54. The molecule has 0 aliphatic carbocycles. The zero-order valence-corrected chi connectivity index (χ0v) is 11.6. The van der Waals surface area contributed by atoms with Gasteiger partial charge < -0.3 is 15.1 Å². The van der Waals surface area contributed by atoms with Crippen molar-refractivity contribution in [3.63, 3.8) is 0 Å². The first kappa shape index (κ1) is 16.1. The van der Waals surface area contributed by atoms with E-state index in [0.717, 1.165) is 6.07 Å². The predicted octanol–water partition coefficient (Wildman–Crippen LogP) is 1.31. The van der Waals surface area contributed by atoms with E-state index in [4.69, 9.17) is 10.2 Å². The number of anilines is 1. The lowest BCUT2D eigenvalue weighted by Crippen LogP contribution is -2.47. The molecule has 1 aliphatic rings. The van der Waals surface area contributed by atoms with E-state index < -0.39 is 18.3 Å². The van der Waals surface area contributed by atoms with Gasteiger partial charge in [-0.1, -0.05) is 6.07 Å². The Balaban J connectivity index is 2.20. The van der Waals surface area contributed by atoms with Gasteiger partial charge in [0, 0.05) is 38.4 Å². The van der Waals surface area contributed by atoms with Gasteiger partial charge in [-0.25, -0.2) is 0 Å². The molecule has 118 valence electrons. The van der Waals surface area contributed by atoms with Crippen molar-refractivity contribution in [1.29, 1.82) is 0 Å². The summed E-state index contributed by atoms with van der Waals surface area (Å²) in [6.07, 6.45) is -4.44. The third-order valence-electron chi connectivity index (χ3n) is 3.68. The van der Waals surface area contributed by atoms with Crippen molar-refractivity contribution in [2.24, 2.45) is 0 Å². The number of alkyl halides is 3. The van der Waals surface area contributed by atoms with Crippen LogP contribution in [0.1, 0.15) is 11.1 Å². The number of β-amino-alcohol motifs (C(OH)–C–C–N with tert-alkyl or cyclic N) is 1. The number of aliphatic hydroxyl groups excluding tert-OH is 2. The minimum atomic E-state index is -4.44. The standard InChI is InChI=1S/C14H19F3N2O2/c15-14(16,17)12-9-11(10-21)1-2-13(12)19-5-3-18(4-6-19)7-8-20/h1-2,9,20-21H,3-8,10H2. The van der Waals surface area contributed by atoms with Crippen LogP contribution < -0.4 is 4.90 Å². The summed E-state index contributed by atoms with van der Waals surface area (Å²) in [4.78, 5) is 3.73. The van der Waals surface area contributed by atoms with E-state index in [1.54, 1.807) is 4.90 Å². The number of halogens is 3. The summed E-state index contributed by atoms with van der Waals surface area (Å²) in [5.41, 5.74) is -0.294. The van der Waals surface area contributed by atoms with Gasteiger partial charge in [0.1, 0.15) is 0 Å². The van der Waals surface area contributed by atoms with Gasteiger partial charge in [-0.2, -0.15) is 13.2 Å². The van der Waals surface area contributed by atoms with Crippen molar-refractivity contribution >= 4 is 5.69 Å². The summed E-state index contributed by atoms with van der Waals surface area (Å²) in [5, 5.41) is 17.9. The second-order valence-electron chi connectivity index (χ2n) is 5.06. The van der Waals surface area contributed by atoms with Crippen LogP contribution in [-0.2, 0) is 12.8 Å². The van der Waals surface area contributed by atoms with Crippen molar-refractivity contribution in [2.45, 2.75) is 12.8 Å². The lowest BCUT2D eigenvalue weighted by molar-refractivity contribution is -0.137. The molecule has 0 amide bonds. The number of benzene rings is 1. The maximum Gasteiger partial charge on any atom is 0.418 e. The third-order valence-corrected chi connectivity index (χ3v) is 3.68. The minimum Gasteiger partial charge on any atom is -0.395 e. The van der Waals surface area contributed by atoms with Gasteiger partial charge in [0.05, 0.1) is 18.8 Å². The van der Waals surface area contributed by atoms with Crippen molar-refractivity contribution in [2.75, 3.05) is 44.2 Å². The van der Waals surface area contributed by atoms with Gasteiger partial charge in [0.2, 0.25) is 0 Å². The molecule has 21 heavy (non-hydrogen) atoms. The minimum absolute atomic E-state index is 0.0546. The SMILES string of the molecule is OCCN1CCN(c2ccc(CO)cc2C(F)(F)F)CC1. The zero-order valence-electron chi connectivity index (χ0n) is 11.6. The molecule has 1 aliphatic heterocycles. The van der Waals surface area contributed by atoms with Gasteiger partial charge in [0.15, 0.2) is 0 Å². The molecule has 0 radical (unpaired) electrons. The lowest BCUT2D eigenvalue weighted by Gasteiger charge is -2.37. The third kappa shape index (κ3) is 3.87. The molecule has 2 N–H and O–H groups in total. The number of nitrogens with zero attached hydrogens (tertiary/aromatic N) is 2. The molecule has 0 bridgehead atoms. The second kappa shape index (κ2) is 6.64. The molecule has 0 saturated carbocycles. The normalized spacial score (nSPS) is 17.3. The molecular formula is C14H19F3N2O2. The fraction of sp³-hybridized carbons (Fsp3) is 0.571. The van der Waals surface area contributed by atoms with E-state index in [-0.39, 0.29) is 17.9 Å². The van der Waals surface area contributed by atoms with Crippen molar-refractivity contribution in [3.05, 3.63) is 29.3 Å². The van der Waals surface area contributed by atoms with E-state index in [2.05, 4.69) is 0 Å². The molecule has 0 aromatic heterocycles. The van der Waals surface area contributed by atoms with E-state index in [1.165, 1.54) is 12.1 Å². The van der Waals surface area contributed by atoms with Crippen molar-refractivity contribution in [1.82, 2.24) is 4.90 Å². The predicted molar refractivity (Wildman–Crippen MR) is 73.1 cm³/mol. The largest absolute Gasteiger partial charge is 0.418 e. The summed E-state index contributed by atoms with van der Waals surface area (Å²) in [6.45, 7) is 2.42. The average Bonchev–Trinajstić information content (AvgIpc) is 2.47. The molecule has 1 heterocycles. The van der Waals surface area contributed by atoms with E-state index in [9.17, 15) is 13.2 Å². The van der Waals surface area contributed by atoms with Gasteiger partial charge in [0.25, 0.3) is 0 Å². The quantitative estimate of drug-likeness (QED) is 0.880. The average molecular weight is 304 g/mol. The molecule has 2 rings (SSSR count). The van der Waals surface area contributed by atoms with Crippen LogP contribution in [0.3, 0.4) is 0 Å². The Labute approximate surface area is 121 Å². The zero-order chi connectivity index (χ0) is 15.5. The maximum absolute atomic E-state index is 13.2. The Morgan fingerprint density at radius 2 is 1.71 bits per heavy atom. The number of aliphatic hydroxyl groups is 2. The molecule has 1 saturated heterocycles. The van der Waals surface area contributed by atoms with Crippen LogP contribution in [0.15, 0.2) is 18.2 Å². The molecule has 1 aromatic rings. The number of hydrogen-bond acceptors (Lipinski definition) is 4. The van der Waals surface area contributed by atoms with Crippen LogP contribution in [-0.4, -0.2) is 54.4 Å². The Kier molecular flexibility index (Phi) is 5.08. The summed E-state index contributed by atoms with van der Waals surface area (Å²) >= 11 is 0. The van der Waals surface area contributed by atoms with Crippen LogP contribution in [0, 0.1) is 0 Å². The van der Waals surface area contributed by atoms with Gasteiger partial charge >= 0.3 is 6.18 Å². The highest BCUT2D eigenvalue weighted by Crippen LogP contribution is 2.37. The van der Waals surface area contributed by atoms with Crippen LogP contribution in [0.25, 0.3) is 0 Å². The summed E-state index contributed by atoms with van der Waals surface area (Å²) in [7, 11) is 0. The van der Waals surface area contributed by atoms with E-state index >= 15 is 0 Å². The smallest absolute Gasteiger partial charge is 0.395 e. The first-order valence-corrected chi connectivity index (χ1v) is 6.85. The fourth-order valence-electron chi connectivity index (χ4n) is 2.54. The first-order valence-electron chi connectivity index (χ1n) is 6.85. The summed E-state index contributed by atoms with van der Waals surface area (Å²) in [5.74, 6) is 0. The number of hydrogen-bond donors (Lipinski definition) is 2. The highest BCUT2D eigenvalue weighted by Gasteiger charge is 2.35. The molecule has 0 unspecified atom stereocenters. The number of piperazine rings is 1. The van der Waals surface area contributed by atoms with Gasteiger partial charge in [-0.3, -0.25) is 4.90 Å². The van der Waals surface area contributed by atoms with Crippen LogP contribution in [0.5, 0.6) is 0 Å². The summed E-state index contributed by atoms with van der Waals surface area (Å²) in [6, 6.07) is 3.95. The van der Waals surface area contributed by atoms with Crippen molar-refractivity contribution in [3.8, 4) is 0 Å². The molecule has 7 heteroatoms. The Morgan fingerprint density at radius 3 is 2.24 bits per heavy atom. The monoisotopic (exact) mass is 304 g/mol. The Morgan fingerprint density at radius 1 is 1.05 bits per heavy atom. The molecule has 0 spiro atoms. The molecule has 0 atom stereocenters. The van der Waals surface area contributed by atoms with Crippen LogP contribution >= 0.6 is 0 Å². The van der Waals surface area contributed by atoms with Gasteiger partial charge in [-0.15, -0.1) is 0 Å². The lowest BCUT2D eigenvalue weighted by atomic mass is 10.1. The maximum atomic E-state index is 13.2. The van der Waals surface area contributed by atoms with E-state index in [0.29, 0.717) is 32.7 Å². The Bertz CT molecular complexity index is 472. The topological polar surface area (TPSA) is 46.9 Å². The Hall–Kier alpha value is -1.31. The first-order chi connectivity index (χ1) is 9.95. The van der Waals surface area contributed by atoms with Gasteiger partial charge in [-0.05, 0) is 17.7 Å². The van der Waals surface area contributed by atoms with E-state index in [1.807, 2.05) is 4.90 Å². The highest BCUT2D eigenvalue weighted by molar-refractivity contribution is 5.56. The molecular weight excluding hydrogens is 285 g/mol. The molecule has 4 nitrogen and oxygen atoms in total. The number of rotatable bonds is 4. The van der Waals surface area contributed by atoms with Crippen LogP contribution in [0.2, 0.25) is 0 Å². The van der Waals surface area contributed by atoms with Crippen LogP contribution in [0.4, 0.5) is 18.9 Å². The second-order valence-corrected chi connectivity index (χ2v) is 5.06. The molecule has 1 fully saturated rings. The van der Waals surface area contributed by atoms with Crippen molar-refractivity contribution < 1.29 is 23.4 Å². The highest BCUT2D eigenvalue weighted by atomic mass is 19.4. The summed E-state index contributed by atoms with van der Waals surface area (Å²) < 4.78 is 39.5.